The summed E-state index contributed by atoms with van der Waals surface area (Å²) >= 11 is 0. The molecule has 1 aliphatic rings. The lowest BCUT2D eigenvalue weighted by Gasteiger charge is -2.26. The molecule has 3 amide bonds. The van der Waals surface area contributed by atoms with Gasteiger partial charge < -0.3 is 20.3 Å². The van der Waals surface area contributed by atoms with Crippen molar-refractivity contribution in [2.75, 3.05) is 39.4 Å². The van der Waals surface area contributed by atoms with E-state index < -0.39 is 5.91 Å². The van der Waals surface area contributed by atoms with E-state index in [1.165, 1.54) is 0 Å². The highest BCUT2D eigenvalue weighted by Gasteiger charge is 2.17. The zero-order chi connectivity index (χ0) is 15.8. The number of hydrogen-bond donors (Lipinski definition) is 2. The molecule has 1 aliphatic heterocycles. The summed E-state index contributed by atoms with van der Waals surface area (Å²) in [5, 5.41) is 5.01. The molecule has 7 heteroatoms. The summed E-state index contributed by atoms with van der Waals surface area (Å²) in [5.74, 6) is -0.868. The van der Waals surface area contributed by atoms with E-state index in [2.05, 4.69) is 10.6 Å². The zero-order valence-corrected chi connectivity index (χ0v) is 12.2. The Bertz CT molecular complexity index is 527. The molecular weight excluding hydrogens is 286 g/mol. The van der Waals surface area contributed by atoms with Gasteiger partial charge in [-0.15, -0.1) is 0 Å². The van der Waals surface area contributed by atoms with Gasteiger partial charge in [-0.25, -0.2) is 0 Å². The summed E-state index contributed by atoms with van der Waals surface area (Å²) in [7, 11) is 0. The SMILES string of the molecule is O=C(CNC(=O)c1ccccc1)NCC(=O)N1CCOCC1. The number of nitrogens with zero attached hydrogens (tertiary/aromatic N) is 1. The lowest BCUT2D eigenvalue weighted by Crippen LogP contribution is -2.47. The van der Waals surface area contributed by atoms with Gasteiger partial charge in [0.1, 0.15) is 0 Å². The minimum Gasteiger partial charge on any atom is -0.378 e. The molecule has 22 heavy (non-hydrogen) atoms. The van der Waals surface area contributed by atoms with Gasteiger partial charge >= 0.3 is 0 Å². The highest BCUT2D eigenvalue weighted by Crippen LogP contribution is 1.98. The Labute approximate surface area is 128 Å². The molecule has 7 nitrogen and oxygen atoms in total. The molecule has 1 fully saturated rings. The zero-order valence-electron chi connectivity index (χ0n) is 12.2. The van der Waals surface area contributed by atoms with Crippen LogP contribution in [-0.2, 0) is 14.3 Å². The van der Waals surface area contributed by atoms with Crippen LogP contribution in [0.25, 0.3) is 0 Å². The Kier molecular flexibility index (Phi) is 5.91. The fourth-order valence-electron chi connectivity index (χ4n) is 2.01. The van der Waals surface area contributed by atoms with E-state index in [0.29, 0.717) is 31.9 Å². The van der Waals surface area contributed by atoms with Gasteiger partial charge in [0.15, 0.2) is 0 Å². The van der Waals surface area contributed by atoms with Crippen LogP contribution in [0.3, 0.4) is 0 Å². The van der Waals surface area contributed by atoms with Gasteiger partial charge in [0.25, 0.3) is 5.91 Å². The number of hydrogen-bond acceptors (Lipinski definition) is 4. The molecule has 0 spiro atoms. The fraction of sp³-hybridized carbons (Fsp3) is 0.400. The van der Waals surface area contributed by atoms with Gasteiger partial charge in [-0.3, -0.25) is 14.4 Å². The third kappa shape index (κ3) is 4.85. The van der Waals surface area contributed by atoms with Crippen molar-refractivity contribution >= 4 is 17.7 Å². The number of amides is 3. The molecule has 0 atom stereocenters. The van der Waals surface area contributed by atoms with Crippen molar-refractivity contribution in [1.82, 2.24) is 15.5 Å². The number of carbonyl (C=O) groups is 3. The van der Waals surface area contributed by atoms with Gasteiger partial charge in [0, 0.05) is 18.7 Å². The normalized spacial score (nSPS) is 14.3. The van der Waals surface area contributed by atoms with Gasteiger partial charge in [-0.1, -0.05) is 18.2 Å². The average molecular weight is 305 g/mol. The van der Waals surface area contributed by atoms with Crippen LogP contribution in [-0.4, -0.2) is 62.0 Å². The lowest BCUT2D eigenvalue weighted by molar-refractivity contribution is -0.136. The van der Waals surface area contributed by atoms with Crippen LogP contribution in [0.1, 0.15) is 10.4 Å². The Morgan fingerprint density at radius 1 is 1.00 bits per heavy atom. The van der Waals surface area contributed by atoms with E-state index in [1.54, 1.807) is 35.2 Å². The maximum absolute atomic E-state index is 11.8. The van der Waals surface area contributed by atoms with E-state index >= 15 is 0 Å². The molecule has 0 aliphatic carbocycles. The van der Waals surface area contributed by atoms with E-state index in [0.717, 1.165) is 0 Å². The minimum absolute atomic E-state index is 0.0694. The number of benzene rings is 1. The summed E-state index contributed by atoms with van der Waals surface area (Å²) in [6.07, 6.45) is 0. The molecule has 1 aromatic carbocycles. The van der Waals surface area contributed by atoms with Gasteiger partial charge in [0.05, 0.1) is 26.3 Å². The van der Waals surface area contributed by atoms with Crippen LogP contribution < -0.4 is 10.6 Å². The van der Waals surface area contributed by atoms with Crippen LogP contribution in [0.5, 0.6) is 0 Å². The third-order valence-electron chi connectivity index (χ3n) is 3.25. The second-order valence-electron chi connectivity index (χ2n) is 4.82. The third-order valence-corrected chi connectivity index (χ3v) is 3.25. The van der Waals surface area contributed by atoms with Crippen LogP contribution in [0.4, 0.5) is 0 Å². The second-order valence-corrected chi connectivity index (χ2v) is 4.82. The first kappa shape index (κ1) is 16.0. The van der Waals surface area contributed by atoms with Crippen molar-refractivity contribution in [1.29, 1.82) is 0 Å². The van der Waals surface area contributed by atoms with E-state index in [-0.39, 0.29) is 24.9 Å². The molecule has 0 unspecified atom stereocenters. The highest BCUT2D eigenvalue weighted by molar-refractivity contribution is 5.96. The van der Waals surface area contributed by atoms with Crippen molar-refractivity contribution in [2.24, 2.45) is 0 Å². The predicted octanol–water partition coefficient (Wildman–Crippen LogP) is -0.609. The van der Waals surface area contributed by atoms with Crippen molar-refractivity contribution in [3.8, 4) is 0 Å². The molecule has 2 N–H and O–H groups in total. The molecule has 0 aromatic heterocycles. The number of ether oxygens (including phenoxy) is 1. The molecule has 1 aromatic rings. The summed E-state index contributed by atoms with van der Waals surface area (Å²) in [6.45, 7) is 1.89. The van der Waals surface area contributed by atoms with Crippen molar-refractivity contribution in [2.45, 2.75) is 0 Å². The standard InChI is InChI=1S/C15H19N3O4/c19-13(10-17-15(21)12-4-2-1-3-5-12)16-11-14(20)18-6-8-22-9-7-18/h1-5H,6-11H2,(H,16,19)(H,17,21). The van der Waals surface area contributed by atoms with E-state index in [9.17, 15) is 14.4 Å². The monoisotopic (exact) mass is 305 g/mol. The first-order valence-electron chi connectivity index (χ1n) is 7.12. The maximum atomic E-state index is 11.8. The minimum atomic E-state index is -0.397. The number of carbonyl (C=O) groups excluding carboxylic acids is 3. The van der Waals surface area contributed by atoms with Crippen molar-refractivity contribution < 1.29 is 19.1 Å². The molecule has 1 saturated heterocycles. The Morgan fingerprint density at radius 3 is 2.36 bits per heavy atom. The van der Waals surface area contributed by atoms with Gasteiger partial charge in [-0.2, -0.15) is 0 Å². The Balaban J connectivity index is 1.67. The summed E-state index contributed by atoms with van der Waals surface area (Å²) in [6, 6.07) is 8.62. The highest BCUT2D eigenvalue weighted by atomic mass is 16.5. The van der Waals surface area contributed by atoms with Crippen LogP contribution in [0.2, 0.25) is 0 Å². The molecule has 0 radical (unpaired) electrons. The van der Waals surface area contributed by atoms with E-state index in [4.69, 9.17) is 4.74 Å². The van der Waals surface area contributed by atoms with Crippen LogP contribution >= 0.6 is 0 Å². The molecular formula is C15H19N3O4. The van der Waals surface area contributed by atoms with Crippen molar-refractivity contribution in [3.05, 3.63) is 35.9 Å². The Morgan fingerprint density at radius 2 is 1.68 bits per heavy atom. The summed E-state index contributed by atoms with van der Waals surface area (Å²) in [4.78, 5) is 36.9. The molecule has 0 bridgehead atoms. The molecule has 2 rings (SSSR count). The molecule has 1 heterocycles. The largest absolute Gasteiger partial charge is 0.378 e. The lowest BCUT2D eigenvalue weighted by atomic mass is 10.2. The van der Waals surface area contributed by atoms with Crippen molar-refractivity contribution in [3.63, 3.8) is 0 Å². The number of rotatable bonds is 5. The smallest absolute Gasteiger partial charge is 0.251 e. The number of nitrogens with one attached hydrogen (secondary N) is 2. The average Bonchev–Trinajstić information content (AvgIpc) is 2.59. The molecule has 0 saturated carbocycles. The summed E-state index contributed by atoms with van der Waals surface area (Å²) in [5.41, 5.74) is 0.486. The summed E-state index contributed by atoms with van der Waals surface area (Å²) < 4.78 is 5.15. The first-order chi connectivity index (χ1) is 10.7. The first-order valence-corrected chi connectivity index (χ1v) is 7.12. The molecule has 118 valence electrons. The van der Waals surface area contributed by atoms with Crippen LogP contribution in [0.15, 0.2) is 30.3 Å². The number of morpholine rings is 1. The van der Waals surface area contributed by atoms with Gasteiger partial charge in [-0.05, 0) is 12.1 Å². The Hall–Kier alpha value is -2.41. The van der Waals surface area contributed by atoms with Gasteiger partial charge in [0.2, 0.25) is 11.8 Å². The maximum Gasteiger partial charge on any atom is 0.251 e. The topological polar surface area (TPSA) is 87.7 Å². The van der Waals surface area contributed by atoms with Crippen LogP contribution in [0, 0.1) is 0 Å². The van der Waals surface area contributed by atoms with E-state index in [1.807, 2.05) is 0 Å². The predicted molar refractivity (Wildman–Crippen MR) is 79.2 cm³/mol. The second kappa shape index (κ2) is 8.14. The fourth-order valence-corrected chi connectivity index (χ4v) is 2.01. The quantitative estimate of drug-likeness (QED) is 0.760.